The maximum absolute atomic E-state index is 13.3. The summed E-state index contributed by atoms with van der Waals surface area (Å²) >= 11 is 6.05. The molecule has 9 heteroatoms. The molecule has 1 aliphatic carbocycles. The van der Waals surface area contributed by atoms with Crippen LogP contribution in [0.3, 0.4) is 0 Å². The molecule has 0 amide bonds. The number of anilines is 1. The van der Waals surface area contributed by atoms with Gasteiger partial charge in [0.05, 0.1) is 16.7 Å². The molecule has 36 heavy (non-hydrogen) atoms. The number of aromatic nitrogens is 2. The molecule has 1 fully saturated rings. The van der Waals surface area contributed by atoms with E-state index in [1.165, 1.54) is 6.21 Å². The Labute approximate surface area is 214 Å². The summed E-state index contributed by atoms with van der Waals surface area (Å²) in [4.78, 5) is 23.0. The lowest BCUT2D eigenvalue weighted by Gasteiger charge is -2.30. The number of aryl methyl sites for hydroxylation is 1. The van der Waals surface area contributed by atoms with Gasteiger partial charge in [-0.3, -0.25) is 9.69 Å². The molecular formula is C27H30ClN5O3. The average Bonchev–Trinajstić information content (AvgIpc) is 3.71. The van der Waals surface area contributed by atoms with Crippen LogP contribution in [0.2, 0.25) is 5.02 Å². The molecule has 1 aromatic heterocycles. The zero-order chi connectivity index (χ0) is 25.4. The molecular weight excluding hydrogens is 478 g/mol. The number of H-pyrrole nitrogens is 1. The van der Waals surface area contributed by atoms with Crippen LogP contribution >= 0.6 is 11.6 Å². The number of hydrogen-bond donors (Lipinski definition) is 5. The number of nitrogens with one attached hydrogen (secondary N) is 3. The van der Waals surface area contributed by atoms with Gasteiger partial charge in [-0.1, -0.05) is 35.9 Å². The van der Waals surface area contributed by atoms with Crippen molar-refractivity contribution in [3.63, 3.8) is 0 Å². The molecule has 5 N–H and O–H groups in total. The molecule has 1 unspecified atom stereocenters. The second kappa shape index (κ2) is 9.78. The fourth-order valence-corrected chi connectivity index (χ4v) is 5.47. The smallest absolute Gasteiger partial charge is 0.255 e. The first-order valence-corrected chi connectivity index (χ1v) is 12.6. The summed E-state index contributed by atoms with van der Waals surface area (Å²) < 4.78 is 0. The fourth-order valence-electron chi connectivity index (χ4n) is 5.28. The van der Waals surface area contributed by atoms with E-state index in [4.69, 9.17) is 22.0 Å². The van der Waals surface area contributed by atoms with E-state index in [1.807, 2.05) is 25.2 Å². The maximum atomic E-state index is 13.3. The average molecular weight is 508 g/mol. The fraction of sp³-hybridized carbons (Fsp3) is 0.370. The number of halogens is 1. The van der Waals surface area contributed by atoms with Gasteiger partial charge in [0.1, 0.15) is 18.2 Å². The molecule has 188 valence electrons. The van der Waals surface area contributed by atoms with Gasteiger partial charge in [-0.25, -0.2) is 4.98 Å². The number of fused-ring (bicyclic) bond motifs is 1. The van der Waals surface area contributed by atoms with Gasteiger partial charge in [0, 0.05) is 42.6 Å². The SMILES string of the molecule is CNc1cccc(C2(c3nc4c(c(=O)[nH]3)CN(C(O)[C@H](O)c3cccc(Cl)c3)CCC4)CC2)c1C=N. The third-order valence-corrected chi connectivity index (χ3v) is 7.64. The van der Waals surface area contributed by atoms with Crippen molar-refractivity contribution in [3.8, 4) is 0 Å². The molecule has 1 aliphatic heterocycles. The Hall–Kier alpha value is -3.04. The number of rotatable bonds is 7. The van der Waals surface area contributed by atoms with E-state index < -0.39 is 17.7 Å². The first-order chi connectivity index (χ1) is 17.4. The van der Waals surface area contributed by atoms with E-state index in [0.29, 0.717) is 41.4 Å². The summed E-state index contributed by atoms with van der Waals surface area (Å²) in [6.07, 6.45) is 1.99. The molecule has 5 rings (SSSR count). The summed E-state index contributed by atoms with van der Waals surface area (Å²) in [5, 5.41) is 33.3. The van der Waals surface area contributed by atoms with Crippen LogP contribution in [0.5, 0.6) is 0 Å². The van der Waals surface area contributed by atoms with Crippen LogP contribution in [0.15, 0.2) is 47.3 Å². The zero-order valence-corrected chi connectivity index (χ0v) is 20.8. The number of aliphatic hydroxyl groups excluding tert-OH is 2. The molecule has 8 nitrogen and oxygen atoms in total. The number of aromatic amines is 1. The van der Waals surface area contributed by atoms with Crippen molar-refractivity contribution in [3.05, 3.63) is 91.6 Å². The highest BCUT2D eigenvalue weighted by molar-refractivity contribution is 6.30. The summed E-state index contributed by atoms with van der Waals surface area (Å²) in [7, 11) is 1.83. The number of nitrogens with zero attached hydrogens (tertiary/aromatic N) is 2. The predicted octanol–water partition coefficient (Wildman–Crippen LogP) is 3.34. The van der Waals surface area contributed by atoms with E-state index in [2.05, 4.69) is 10.3 Å². The summed E-state index contributed by atoms with van der Waals surface area (Å²) in [6.45, 7) is 0.696. The quantitative estimate of drug-likeness (QED) is 0.312. The van der Waals surface area contributed by atoms with Crippen molar-refractivity contribution in [1.29, 1.82) is 5.41 Å². The molecule has 2 atom stereocenters. The number of benzene rings is 2. The van der Waals surface area contributed by atoms with Gasteiger partial charge in [0.15, 0.2) is 0 Å². The topological polar surface area (TPSA) is 125 Å². The molecule has 0 radical (unpaired) electrons. The minimum Gasteiger partial charge on any atom is -0.388 e. The van der Waals surface area contributed by atoms with Crippen molar-refractivity contribution < 1.29 is 10.2 Å². The second-order valence-electron chi connectivity index (χ2n) is 9.57. The lowest BCUT2D eigenvalue weighted by atomic mass is 9.89. The normalized spacial score (nSPS) is 18.6. The molecule has 0 saturated heterocycles. The van der Waals surface area contributed by atoms with E-state index >= 15 is 0 Å². The highest BCUT2D eigenvalue weighted by Crippen LogP contribution is 2.53. The Morgan fingerprint density at radius 3 is 2.72 bits per heavy atom. The van der Waals surface area contributed by atoms with Crippen LogP contribution in [-0.4, -0.2) is 51.1 Å². The first kappa shape index (κ1) is 24.6. The van der Waals surface area contributed by atoms with Gasteiger partial charge in [-0.15, -0.1) is 0 Å². The van der Waals surface area contributed by atoms with Crippen LogP contribution in [-0.2, 0) is 18.4 Å². The molecule has 2 aliphatic rings. The van der Waals surface area contributed by atoms with Crippen molar-refractivity contribution >= 4 is 23.5 Å². The number of aliphatic hydroxyl groups is 2. The van der Waals surface area contributed by atoms with Crippen molar-refractivity contribution in [2.45, 2.75) is 50.0 Å². The van der Waals surface area contributed by atoms with E-state index in [1.54, 1.807) is 29.2 Å². The van der Waals surface area contributed by atoms with E-state index in [0.717, 1.165) is 35.3 Å². The van der Waals surface area contributed by atoms with Gasteiger partial charge < -0.3 is 25.9 Å². The lowest BCUT2D eigenvalue weighted by Crippen LogP contribution is -2.40. The Kier molecular flexibility index (Phi) is 6.70. The monoisotopic (exact) mass is 507 g/mol. The van der Waals surface area contributed by atoms with Crippen molar-refractivity contribution in [2.75, 3.05) is 18.9 Å². The lowest BCUT2D eigenvalue weighted by molar-refractivity contribution is -0.0887. The Morgan fingerprint density at radius 1 is 1.25 bits per heavy atom. The molecule has 3 aromatic rings. The second-order valence-corrected chi connectivity index (χ2v) is 10.0. The molecule has 0 spiro atoms. The van der Waals surface area contributed by atoms with Crippen molar-refractivity contribution in [1.82, 2.24) is 14.9 Å². The third-order valence-electron chi connectivity index (χ3n) is 7.41. The minimum atomic E-state index is -1.19. The predicted molar refractivity (Wildman–Crippen MR) is 140 cm³/mol. The van der Waals surface area contributed by atoms with Crippen LogP contribution in [0.4, 0.5) is 5.69 Å². The Balaban J connectivity index is 1.46. The van der Waals surface area contributed by atoms with Crippen LogP contribution in [0.25, 0.3) is 0 Å². The first-order valence-electron chi connectivity index (χ1n) is 12.2. The summed E-state index contributed by atoms with van der Waals surface area (Å²) in [5.41, 5.74) is 3.79. The maximum Gasteiger partial charge on any atom is 0.255 e. The van der Waals surface area contributed by atoms with Gasteiger partial charge >= 0.3 is 0 Å². The van der Waals surface area contributed by atoms with Crippen LogP contribution in [0.1, 0.15) is 59.1 Å². The van der Waals surface area contributed by atoms with Gasteiger partial charge in [-0.2, -0.15) is 0 Å². The van der Waals surface area contributed by atoms with Crippen LogP contribution in [0, 0.1) is 5.41 Å². The van der Waals surface area contributed by atoms with E-state index in [9.17, 15) is 15.0 Å². The molecule has 2 heterocycles. The van der Waals surface area contributed by atoms with E-state index in [-0.39, 0.29) is 12.1 Å². The van der Waals surface area contributed by atoms with Crippen LogP contribution < -0.4 is 10.9 Å². The number of hydrogen-bond acceptors (Lipinski definition) is 7. The standard InChI is InChI=1S/C27H30ClN5O3/c1-30-21-8-3-7-20(18(21)14-29)27(10-11-27)26-31-22-9-4-12-33(15-19(22)24(35)32-26)25(36)23(34)16-5-2-6-17(28)13-16/h2-3,5-8,13-14,23,25,29-30,34,36H,4,9-12,15H2,1H3,(H,31,32,35)/t23-,25?/m1/s1. The molecule has 2 aromatic carbocycles. The summed E-state index contributed by atoms with van der Waals surface area (Å²) in [5.74, 6) is 0.635. The molecule has 1 saturated carbocycles. The highest BCUT2D eigenvalue weighted by Gasteiger charge is 2.50. The zero-order valence-electron chi connectivity index (χ0n) is 20.1. The minimum absolute atomic E-state index is 0.185. The van der Waals surface area contributed by atoms with Gasteiger partial charge in [0.25, 0.3) is 5.56 Å². The Bertz CT molecular complexity index is 1350. The summed E-state index contributed by atoms with van der Waals surface area (Å²) in [6, 6.07) is 12.7. The van der Waals surface area contributed by atoms with Crippen molar-refractivity contribution in [2.24, 2.45) is 0 Å². The largest absolute Gasteiger partial charge is 0.388 e. The highest BCUT2D eigenvalue weighted by atomic mass is 35.5. The Morgan fingerprint density at radius 2 is 2.03 bits per heavy atom. The van der Waals surface area contributed by atoms with Gasteiger partial charge in [-0.05, 0) is 55.0 Å². The third kappa shape index (κ3) is 4.35. The van der Waals surface area contributed by atoms with Gasteiger partial charge in [0.2, 0.25) is 0 Å². The molecule has 0 bridgehead atoms.